The molecule has 0 aromatic heterocycles. The average Bonchev–Trinajstić information content (AvgIpc) is 2.42. The van der Waals surface area contributed by atoms with Crippen molar-refractivity contribution in [1.82, 2.24) is 0 Å². The van der Waals surface area contributed by atoms with Gasteiger partial charge < -0.3 is 0 Å². The zero-order valence-corrected chi connectivity index (χ0v) is 12.6. The van der Waals surface area contributed by atoms with Gasteiger partial charge in [0.1, 0.15) is 0 Å². The van der Waals surface area contributed by atoms with Crippen LogP contribution in [0, 0.1) is 0 Å². The van der Waals surface area contributed by atoms with Gasteiger partial charge in [0.05, 0.1) is 0 Å². The number of rotatable bonds is 5. The minimum absolute atomic E-state index is 0.0268. The number of halogens is 1. The summed E-state index contributed by atoms with van der Waals surface area (Å²) in [5.74, 6) is -0.741. The zero-order chi connectivity index (χ0) is 13.7. The van der Waals surface area contributed by atoms with Gasteiger partial charge in [0.15, 0.2) is 0 Å². The molecule has 1 atom stereocenters. The number of aliphatic carboxylic acids is 1. The molecule has 0 aliphatic carbocycles. The summed E-state index contributed by atoms with van der Waals surface area (Å²) in [4.78, 5) is 11.0. The van der Waals surface area contributed by atoms with Crippen molar-refractivity contribution < 1.29 is 9.90 Å². The molecule has 0 aliphatic rings. The van der Waals surface area contributed by atoms with Gasteiger partial charge >= 0.3 is 123 Å². The third kappa shape index (κ3) is 4.10. The van der Waals surface area contributed by atoms with E-state index in [1.165, 1.54) is 0 Å². The molecule has 19 heavy (non-hydrogen) atoms. The first-order valence-electron chi connectivity index (χ1n) is 5.80. The van der Waals surface area contributed by atoms with E-state index < -0.39 is 5.97 Å². The van der Waals surface area contributed by atoms with Crippen LogP contribution in [-0.2, 0) is 4.79 Å². The van der Waals surface area contributed by atoms with Crippen molar-refractivity contribution in [3.63, 3.8) is 0 Å². The molecule has 0 aliphatic heterocycles. The molecule has 2 rings (SSSR count). The van der Waals surface area contributed by atoms with Crippen LogP contribution in [0.1, 0.15) is 15.9 Å². The Bertz CT molecular complexity index is 540. The number of carbonyl (C=O) groups is 1. The van der Waals surface area contributed by atoms with Gasteiger partial charge in [-0.05, 0) is 0 Å². The standard InChI is InChI=1S/C15H13ClO2Se/c16-13-8-6-12(7-9-13)15(19-10-14(17)18)11-4-2-1-3-5-11/h1-9,15H,10H2,(H,17,18). The van der Waals surface area contributed by atoms with Crippen LogP contribution >= 0.6 is 11.6 Å². The minimum atomic E-state index is -0.741. The van der Waals surface area contributed by atoms with Crippen LogP contribution < -0.4 is 0 Å². The maximum absolute atomic E-state index is 10.8. The molecular weight excluding hydrogens is 327 g/mol. The zero-order valence-electron chi connectivity index (χ0n) is 10.1. The van der Waals surface area contributed by atoms with Crippen LogP contribution in [-0.4, -0.2) is 26.0 Å². The molecule has 98 valence electrons. The Labute approximate surface area is 123 Å². The number of benzene rings is 2. The Morgan fingerprint density at radius 3 is 2.21 bits per heavy atom. The first-order chi connectivity index (χ1) is 9.16. The summed E-state index contributed by atoms with van der Waals surface area (Å²) in [6.45, 7) is 0. The van der Waals surface area contributed by atoms with Crippen molar-refractivity contribution in [2.24, 2.45) is 0 Å². The van der Waals surface area contributed by atoms with Crippen molar-refractivity contribution in [3.05, 3.63) is 70.7 Å². The summed E-state index contributed by atoms with van der Waals surface area (Å²) in [7, 11) is 0. The fraction of sp³-hybridized carbons (Fsp3) is 0.133. The second-order valence-electron chi connectivity index (χ2n) is 4.05. The van der Waals surface area contributed by atoms with Crippen molar-refractivity contribution in [2.75, 3.05) is 0 Å². The molecule has 0 amide bonds. The predicted octanol–water partition coefficient (Wildman–Crippen LogP) is 3.64. The van der Waals surface area contributed by atoms with Gasteiger partial charge in [0.2, 0.25) is 0 Å². The molecule has 0 saturated carbocycles. The van der Waals surface area contributed by atoms with E-state index in [0.29, 0.717) is 5.02 Å². The maximum atomic E-state index is 10.8. The van der Waals surface area contributed by atoms with E-state index in [4.69, 9.17) is 16.7 Å². The third-order valence-corrected chi connectivity index (χ3v) is 5.61. The fourth-order valence-corrected chi connectivity index (χ4v) is 4.05. The Morgan fingerprint density at radius 2 is 1.63 bits per heavy atom. The van der Waals surface area contributed by atoms with Crippen molar-refractivity contribution in [3.8, 4) is 0 Å². The Hall–Kier alpha value is -1.28. The van der Waals surface area contributed by atoms with Gasteiger partial charge in [-0.15, -0.1) is 0 Å². The Morgan fingerprint density at radius 1 is 1.05 bits per heavy atom. The van der Waals surface area contributed by atoms with E-state index in [0.717, 1.165) is 11.1 Å². The van der Waals surface area contributed by atoms with Crippen LogP contribution in [0.3, 0.4) is 0 Å². The van der Waals surface area contributed by atoms with E-state index in [9.17, 15) is 4.79 Å². The van der Waals surface area contributed by atoms with Gasteiger partial charge in [-0.25, -0.2) is 0 Å². The van der Waals surface area contributed by atoms with Crippen LogP contribution in [0.2, 0.25) is 10.3 Å². The van der Waals surface area contributed by atoms with Crippen molar-refractivity contribution >= 4 is 32.5 Å². The third-order valence-electron chi connectivity index (χ3n) is 2.65. The monoisotopic (exact) mass is 340 g/mol. The summed E-state index contributed by atoms with van der Waals surface area (Å²) in [5.41, 5.74) is 2.28. The van der Waals surface area contributed by atoms with Crippen LogP contribution in [0.5, 0.6) is 0 Å². The fourth-order valence-electron chi connectivity index (χ4n) is 1.80. The second kappa shape index (κ2) is 6.76. The van der Waals surface area contributed by atoms with E-state index in [1.807, 2.05) is 54.6 Å². The number of carboxylic acid groups (broad SMARTS) is 1. The number of hydrogen-bond donors (Lipinski definition) is 1. The normalized spacial score (nSPS) is 12.1. The molecule has 2 nitrogen and oxygen atoms in total. The molecule has 0 spiro atoms. The molecule has 2 aromatic rings. The van der Waals surface area contributed by atoms with E-state index in [-0.39, 0.29) is 25.1 Å². The first kappa shape index (κ1) is 14.1. The Kier molecular flexibility index (Phi) is 5.03. The average molecular weight is 340 g/mol. The topological polar surface area (TPSA) is 37.3 Å². The summed E-state index contributed by atoms with van der Waals surface area (Å²) < 4.78 is 0. The molecular formula is C15H13ClO2Se. The van der Waals surface area contributed by atoms with Crippen molar-refractivity contribution in [1.29, 1.82) is 0 Å². The molecule has 2 aromatic carbocycles. The molecule has 0 radical (unpaired) electrons. The van der Waals surface area contributed by atoms with Gasteiger partial charge in [0.25, 0.3) is 0 Å². The summed E-state index contributed by atoms with van der Waals surface area (Å²) in [5, 5.41) is 9.81. The molecule has 4 heteroatoms. The number of carboxylic acids is 1. The molecule has 0 bridgehead atoms. The quantitative estimate of drug-likeness (QED) is 0.845. The van der Waals surface area contributed by atoms with Gasteiger partial charge in [-0.2, -0.15) is 0 Å². The summed E-state index contributed by atoms with van der Waals surface area (Å²) in [6.07, 6.45) is 0. The molecule has 0 fully saturated rings. The molecule has 1 unspecified atom stereocenters. The first-order valence-corrected chi connectivity index (χ1v) is 8.38. The van der Waals surface area contributed by atoms with Gasteiger partial charge in [-0.3, -0.25) is 0 Å². The predicted molar refractivity (Wildman–Crippen MR) is 77.9 cm³/mol. The van der Waals surface area contributed by atoms with Crippen LogP contribution in [0.15, 0.2) is 54.6 Å². The summed E-state index contributed by atoms with van der Waals surface area (Å²) >= 11 is 5.87. The van der Waals surface area contributed by atoms with Gasteiger partial charge in [-0.1, -0.05) is 0 Å². The Balaban J connectivity index is 2.28. The molecule has 0 saturated heterocycles. The van der Waals surface area contributed by atoms with Crippen molar-refractivity contribution in [2.45, 2.75) is 10.1 Å². The second-order valence-corrected chi connectivity index (χ2v) is 6.78. The molecule has 1 N–H and O–H groups in total. The SMILES string of the molecule is O=C(O)C[Se]C(c1ccccc1)c1ccc(Cl)cc1. The number of hydrogen-bond acceptors (Lipinski definition) is 1. The van der Waals surface area contributed by atoms with E-state index in [2.05, 4.69) is 0 Å². The van der Waals surface area contributed by atoms with E-state index >= 15 is 0 Å². The van der Waals surface area contributed by atoms with Crippen LogP contribution in [0.4, 0.5) is 0 Å². The van der Waals surface area contributed by atoms with E-state index in [1.54, 1.807) is 0 Å². The summed E-state index contributed by atoms with van der Waals surface area (Å²) in [6, 6.07) is 17.7. The van der Waals surface area contributed by atoms with Crippen LogP contribution in [0.25, 0.3) is 0 Å². The molecule has 0 heterocycles. The van der Waals surface area contributed by atoms with Gasteiger partial charge in [0, 0.05) is 0 Å².